The van der Waals surface area contributed by atoms with Crippen molar-refractivity contribution < 1.29 is 9.84 Å². The molecule has 0 amide bonds. The lowest BCUT2D eigenvalue weighted by molar-refractivity contribution is 0.373. The molecule has 174 valence electrons. The van der Waals surface area contributed by atoms with Gasteiger partial charge < -0.3 is 9.84 Å². The highest BCUT2D eigenvalue weighted by atomic mass is 16.5. The zero-order chi connectivity index (χ0) is 24.2. The Hall–Kier alpha value is -4.60. The highest BCUT2D eigenvalue weighted by Crippen LogP contribution is 2.25. The quantitative estimate of drug-likeness (QED) is 0.323. The van der Waals surface area contributed by atoms with Crippen molar-refractivity contribution in [2.75, 3.05) is 12.5 Å². The highest BCUT2D eigenvalue weighted by Gasteiger charge is 2.18. The molecule has 0 atom stereocenters. The van der Waals surface area contributed by atoms with E-state index in [1.165, 1.54) is 31.0 Å². The Morgan fingerprint density at radius 3 is 2.59 bits per heavy atom. The van der Waals surface area contributed by atoms with Gasteiger partial charge in [-0.25, -0.2) is 10.2 Å². The molecule has 0 bridgehead atoms. The molecule has 4 aromatic rings. The number of nitrogens with one attached hydrogen (secondary N) is 1. The number of hydrazone groups is 1. The van der Waals surface area contributed by atoms with Gasteiger partial charge in [0.25, 0.3) is 5.56 Å². The summed E-state index contributed by atoms with van der Waals surface area (Å²) in [5.41, 5.74) is 4.19. The summed E-state index contributed by atoms with van der Waals surface area (Å²) in [4.78, 5) is 29.8. The summed E-state index contributed by atoms with van der Waals surface area (Å²) < 4.78 is 9.17. The van der Waals surface area contributed by atoms with Gasteiger partial charge in [-0.2, -0.15) is 10.1 Å². The topological polar surface area (TPSA) is 116 Å². The number of fused-ring (bicyclic) bond motifs is 1. The van der Waals surface area contributed by atoms with E-state index in [0.29, 0.717) is 23.8 Å². The maximum Gasteiger partial charge on any atom is 0.332 e. The predicted molar refractivity (Wildman–Crippen MR) is 132 cm³/mol. The number of phenolic OH excluding ortho intramolecular Hbond substituents is 1. The number of anilines is 1. The van der Waals surface area contributed by atoms with Crippen molar-refractivity contribution >= 4 is 29.4 Å². The van der Waals surface area contributed by atoms with Crippen molar-refractivity contribution in [2.45, 2.75) is 6.54 Å². The fraction of sp³-hybridized carbons (Fsp3) is 0.167. The van der Waals surface area contributed by atoms with Crippen molar-refractivity contribution in [3.05, 3.63) is 86.6 Å². The molecule has 0 radical (unpaired) electrons. The number of imidazole rings is 1. The minimum atomic E-state index is -0.465. The number of methoxy groups -OCH3 is 1. The van der Waals surface area contributed by atoms with E-state index >= 15 is 0 Å². The summed E-state index contributed by atoms with van der Waals surface area (Å²) in [6.07, 6.45) is 5.37. The third kappa shape index (κ3) is 4.33. The lowest BCUT2D eigenvalue weighted by Gasteiger charge is -2.07. The maximum atomic E-state index is 12.9. The Labute approximate surface area is 194 Å². The van der Waals surface area contributed by atoms with Crippen LogP contribution in [0.15, 0.2) is 69.3 Å². The minimum absolute atomic E-state index is 0.0244. The van der Waals surface area contributed by atoms with Crippen LogP contribution < -0.4 is 21.4 Å². The van der Waals surface area contributed by atoms with E-state index < -0.39 is 11.2 Å². The van der Waals surface area contributed by atoms with Crippen LogP contribution >= 0.6 is 0 Å². The van der Waals surface area contributed by atoms with Gasteiger partial charge >= 0.3 is 5.69 Å². The number of phenols is 1. The Morgan fingerprint density at radius 2 is 1.85 bits per heavy atom. The van der Waals surface area contributed by atoms with Gasteiger partial charge in [0.15, 0.2) is 22.7 Å². The van der Waals surface area contributed by atoms with Gasteiger partial charge in [-0.05, 0) is 29.3 Å². The van der Waals surface area contributed by atoms with E-state index in [9.17, 15) is 14.7 Å². The minimum Gasteiger partial charge on any atom is -0.504 e. The largest absolute Gasteiger partial charge is 0.504 e. The molecule has 0 spiro atoms. The second-order valence-corrected chi connectivity index (χ2v) is 7.54. The van der Waals surface area contributed by atoms with Crippen LogP contribution in [-0.4, -0.2) is 37.1 Å². The highest BCUT2D eigenvalue weighted by molar-refractivity contribution is 5.81. The molecule has 0 aliphatic rings. The first kappa shape index (κ1) is 22.6. The second-order valence-electron chi connectivity index (χ2n) is 7.54. The summed E-state index contributed by atoms with van der Waals surface area (Å²) >= 11 is 0. The molecule has 0 unspecified atom stereocenters. The van der Waals surface area contributed by atoms with Gasteiger partial charge in [-0.3, -0.25) is 18.5 Å². The molecule has 4 rings (SSSR count). The second kappa shape index (κ2) is 9.49. The molecular formula is C24H24N6O4. The summed E-state index contributed by atoms with van der Waals surface area (Å²) in [6, 6.07) is 14.6. The van der Waals surface area contributed by atoms with Gasteiger partial charge in [0.2, 0.25) is 5.95 Å². The number of rotatable bonds is 7. The number of hydrogen-bond donors (Lipinski definition) is 2. The van der Waals surface area contributed by atoms with Crippen molar-refractivity contribution in [2.24, 2.45) is 19.2 Å². The third-order valence-electron chi connectivity index (χ3n) is 5.33. The van der Waals surface area contributed by atoms with Crippen LogP contribution in [0.2, 0.25) is 0 Å². The first-order valence-electron chi connectivity index (χ1n) is 10.4. The monoisotopic (exact) mass is 460 g/mol. The fourth-order valence-electron chi connectivity index (χ4n) is 3.51. The molecule has 0 saturated carbocycles. The standard InChI is InChI=1S/C24H24N6O4/c1-28-21-20(22(32)29(2)24(28)33)30(13-7-10-16-8-5-4-6-9-16)23(26-21)27-25-15-17-11-12-18(31)19(14-17)34-3/h4-12,14-15,31H,13H2,1-3H3,(H,26,27)/b10-7+,25-15+. The fourth-order valence-corrected chi connectivity index (χ4v) is 3.51. The Kier molecular flexibility index (Phi) is 6.30. The number of benzene rings is 2. The number of hydrogen-bond acceptors (Lipinski definition) is 7. The van der Waals surface area contributed by atoms with Crippen LogP contribution in [0, 0.1) is 0 Å². The van der Waals surface area contributed by atoms with Crippen LogP contribution in [-0.2, 0) is 20.6 Å². The van der Waals surface area contributed by atoms with E-state index in [-0.39, 0.29) is 16.9 Å². The number of aromatic hydroxyl groups is 1. The average Bonchev–Trinajstić information content (AvgIpc) is 3.21. The first-order valence-corrected chi connectivity index (χ1v) is 10.4. The van der Waals surface area contributed by atoms with Gasteiger partial charge in [0.1, 0.15) is 0 Å². The molecule has 2 N–H and O–H groups in total. The summed E-state index contributed by atoms with van der Waals surface area (Å²) in [6.45, 7) is 0.323. The maximum absolute atomic E-state index is 12.9. The molecule has 0 aliphatic heterocycles. The van der Waals surface area contributed by atoms with E-state index in [1.54, 1.807) is 23.7 Å². The summed E-state index contributed by atoms with van der Waals surface area (Å²) in [7, 11) is 4.46. The van der Waals surface area contributed by atoms with E-state index in [0.717, 1.165) is 10.1 Å². The van der Waals surface area contributed by atoms with Crippen LogP contribution in [0.25, 0.3) is 17.2 Å². The molecular weight excluding hydrogens is 436 g/mol. The molecule has 0 aliphatic carbocycles. The van der Waals surface area contributed by atoms with Crippen molar-refractivity contribution in [1.29, 1.82) is 0 Å². The van der Waals surface area contributed by atoms with Crippen LogP contribution in [0.3, 0.4) is 0 Å². The SMILES string of the molecule is COc1cc(/C=N/Nc2nc3c(c(=O)n(C)c(=O)n3C)n2C/C=C/c2ccccc2)ccc1O. The zero-order valence-electron chi connectivity index (χ0n) is 19.0. The molecule has 34 heavy (non-hydrogen) atoms. The van der Waals surface area contributed by atoms with Crippen LogP contribution in [0.4, 0.5) is 5.95 Å². The van der Waals surface area contributed by atoms with Gasteiger partial charge in [0, 0.05) is 20.6 Å². The van der Waals surface area contributed by atoms with Crippen molar-refractivity contribution in [1.82, 2.24) is 18.7 Å². The molecule has 2 aromatic carbocycles. The number of aryl methyl sites for hydroxylation is 1. The summed E-state index contributed by atoms with van der Waals surface area (Å²) in [5.74, 6) is 0.644. The molecule has 2 aromatic heterocycles. The van der Waals surface area contributed by atoms with Gasteiger partial charge in [-0.1, -0.05) is 42.5 Å². The molecule has 0 fully saturated rings. The Morgan fingerprint density at radius 1 is 1.09 bits per heavy atom. The van der Waals surface area contributed by atoms with E-state index in [1.807, 2.05) is 42.5 Å². The van der Waals surface area contributed by atoms with Crippen LogP contribution in [0.5, 0.6) is 11.5 Å². The molecule has 2 heterocycles. The lowest BCUT2D eigenvalue weighted by Crippen LogP contribution is -2.37. The zero-order valence-corrected chi connectivity index (χ0v) is 19.0. The number of ether oxygens (including phenoxy) is 1. The number of aromatic nitrogens is 4. The third-order valence-corrected chi connectivity index (χ3v) is 5.33. The lowest BCUT2D eigenvalue weighted by atomic mass is 10.2. The van der Waals surface area contributed by atoms with E-state index in [2.05, 4.69) is 15.5 Å². The van der Waals surface area contributed by atoms with Gasteiger partial charge in [-0.15, -0.1) is 0 Å². The molecule has 10 heteroatoms. The molecule has 10 nitrogen and oxygen atoms in total. The Balaban J connectivity index is 1.73. The Bertz CT molecular complexity index is 1510. The normalized spacial score (nSPS) is 11.6. The van der Waals surface area contributed by atoms with Crippen molar-refractivity contribution in [3.63, 3.8) is 0 Å². The average molecular weight is 460 g/mol. The van der Waals surface area contributed by atoms with Crippen LogP contribution in [0.1, 0.15) is 11.1 Å². The van der Waals surface area contributed by atoms with Crippen molar-refractivity contribution in [3.8, 4) is 11.5 Å². The summed E-state index contributed by atoms with van der Waals surface area (Å²) in [5, 5.41) is 14.0. The number of nitrogens with zero attached hydrogens (tertiary/aromatic N) is 5. The number of allylic oxidation sites excluding steroid dienone is 1. The van der Waals surface area contributed by atoms with Gasteiger partial charge in [0.05, 0.1) is 13.3 Å². The first-order chi connectivity index (χ1) is 16.4. The molecule has 0 saturated heterocycles. The predicted octanol–water partition coefficient (Wildman–Crippen LogP) is 2.31. The van der Waals surface area contributed by atoms with E-state index in [4.69, 9.17) is 4.74 Å². The smallest absolute Gasteiger partial charge is 0.332 e.